The van der Waals surface area contributed by atoms with Crippen LogP contribution in [0.5, 0.6) is 11.5 Å². The maximum Gasteiger partial charge on any atom is 0.262 e. The number of rotatable bonds is 6. The van der Waals surface area contributed by atoms with Crippen LogP contribution in [0.1, 0.15) is 0 Å². The molecular weight excluding hydrogens is 400 g/mol. The molecule has 5 nitrogen and oxygen atoms in total. The van der Waals surface area contributed by atoms with Crippen LogP contribution in [0, 0.1) is 0 Å². The van der Waals surface area contributed by atoms with Gasteiger partial charge in [0.05, 0.1) is 23.3 Å². The Hall–Kier alpha value is -3.57. The number of ether oxygens (including phenoxy) is 2. The highest BCUT2D eigenvalue weighted by Gasteiger charge is 2.11. The van der Waals surface area contributed by atoms with Gasteiger partial charge in [-0.25, -0.2) is 4.98 Å². The minimum Gasteiger partial charge on any atom is -0.495 e. The summed E-state index contributed by atoms with van der Waals surface area (Å²) < 4.78 is 11.0. The van der Waals surface area contributed by atoms with Gasteiger partial charge in [0.1, 0.15) is 11.5 Å². The number of hydrogen-bond acceptors (Lipinski definition) is 4. The fourth-order valence-corrected chi connectivity index (χ4v) is 3.36. The second kappa shape index (κ2) is 8.84. The fourth-order valence-electron chi connectivity index (χ4n) is 3.10. The Morgan fingerprint density at radius 2 is 1.73 bits per heavy atom. The SMILES string of the molecule is COc1ccc(NC(=O)COc2cc(-c3ccccc3)nc3ccccc23)cc1Cl. The summed E-state index contributed by atoms with van der Waals surface area (Å²) in [4.78, 5) is 17.1. The molecule has 0 fully saturated rings. The topological polar surface area (TPSA) is 60.5 Å². The van der Waals surface area contributed by atoms with Crippen LogP contribution in [0.2, 0.25) is 5.02 Å². The van der Waals surface area contributed by atoms with Crippen LogP contribution in [0.15, 0.2) is 78.9 Å². The van der Waals surface area contributed by atoms with Crippen molar-refractivity contribution in [1.29, 1.82) is 0 Å². The Morgan fingerprint density at radius 3 is 2.50 bits per heavy atom. The molecule has 6 heteroatoms. The molecule has 0 saturated heterocycles. The van der Waals surface area contributed by atoms with Crippen molar-refractivity contribution in [3.63, 3.8) is 0 Å². The molecule has 0 radical (unpaired) electrons. The molecule has 1 aromatic heterocycles. The molecule has 0 saturated carbocycles. The van der Waals surface area contributed by atoms with Gasteiger partial charge in [-0.1, -0.05) is 54.1 Å². The van der Waals surface area contributed by atoms with Gasteiger partial charge in [-0.05, 0) is 30.3 Å². The van der Waals surface area contributed by atoms with E-state index in [2.05, 4.69) is 5.32 Å². The number of carbonyl (C=O) groups excluding carboxylic acids is 1. The Labute approximate surface area is 179 Å². The highest BCUT2D eigenvalue weighted by atomic mass is 35.5. The van der Waals surface area contributed by atoms with Crippen molar-refractivity contribution in [2.24, 2.45) is 0 Å². The van der Waals surface area contributed by atoms with Gasteiger partial charge < -0.3 is 14.8 Å². The summed E-state index contributed by atoms with van der Waals surface area (Å²) in [7, 11) is 1.54. The average Bonchev–Trinajstić information content (AvgIpc) is 2.78. The highest BCUT2D eigenvalue weighted by Crippen LogP contribution is 2.30. The second-order valence-electron chi connectivity index (χ2n) is 6.57. The Morgan fingerprint density at radius 1 is 0.967 bits per heavy atom. The predicted molar refractivity (Wildman–Crippen MR) is 119 cm³/mol. The zero-order valence-electron chi connectivity index (χ0n) is 16.3. The molecule has 3 aromatic carbocycles. The van der Waals surface area contributed by atoms with Gasteiger partial charge >= 0.3 is 0 Å². The van der Waals surface area contributed by atoms with Gasteiger partial charge in [-0.3, -0.25) is 4.79 Å². The van der Waals surface area contributed by atoms with Crippen LogP contribution in [0.25, 0.3) is 22.2 Å². The number of fused-ring (bicyclic) bond motifs is 1. The van der Waals surface area contributed by atoms with Gasteiger partial charge in [0, 0.05) is 22.7 Å². The number of methoxy groups -OCH3 is 1. The molecule has 0 atom stereocenters. The number of anilines is 1. The van der Waals surface area contributed by atoms with Crippen molar-refractivity contribution in [1.82, 2.24) is 4.98 Å². The summed E-state index contributed by atoms with van der Waals surface area (Å²) >= 11 is 6.11. The van der Waals surface area contributed by atoms with Gasteiger partial charge in [0.25, 0.3) is 5.91 Å². The van der Waals surface area contributed by atoms with Gasteiger partial charge in [-0.15, -0.1) is 0 Å². The molecule has 1 heterocycles. The molecule has 0 unspecified atom stereocenters. The lowest BCUT2D eigenvalue weighted by molar-refractivity contribution is -0.118. The molecule has 1 N–H and O–H groups in total. The third kappa shape index (κ3) is 4.36. The summed E-state index contributed by atoms with van der Waals surface area (Å²) in [6, 6.07) is 24.4. The number of nitrogens with zero attached hydrogens (tertiary/aromatic N) is 1. The van der Waals surface area contributed by atoms with Gasteiger partial charge in [-0.2, -0.15) is 0 Å². The molecule has 4 aromatic rings. The number of para-hydroxylation sites is 1. The molecule has 150 valence electrons. The van der Waals surface area contributed by atoms with Crippen molar-refractivity contribution < 1.29 is 14.3 Å². The van der Waals surface area contributed by atoms with Crippen molar-refractivity contribution in [3.05, 3.63) is 83.9 Å². The van der Waals surface area contributed by atoms with E-state index in [9.17, 15) is 4.79 Å². The number of aromatic nitrogens is 1. The van der Waals surface area contributed by atoms with Crippen molar-refractivity contribution in [2.75, 3.05) is 19.0 Å². The summed E-state index contributed by atoms with van der Waals surface area (Å²) in [6.07, 6.45) is 0. The van der Waals surface area contributed by atoms with Crippen LogP contribution in [-0.2, 0) is 4.79 Å². The van der Waals surface area contributed by atoms with Gasteiger partial charge in [0.2, 0.25) is 0 Å². The van der Waals surface area contributed by atoms with Crippen LogP contribution in [0.4, 0.5) is 5.69 Å². The molecule has 0 aliphatic heterocycles. The summed E-state index contributed by atoms with van der Waals surface area (Å²) in [6.45, 7) is -0.147. The second-order valence-corrected chi connectivity index (χ2v) is 6.98. The van der Waals surface area contributed by atoms with Gasteiger partial charge in [0.15, 0.2) is 6.61 Å². The average molecular weight is 419 g/mol. The van der Waals surface area contributed by atoms with E-state index in [0.717, 1.165) is 22.2 Å². The molecule has 0 spiro atoms. The minimum atomic E-state index is -0.293. The van der Waals surface area contributed by atoms with Crippen molar-refractivity contribution in [3.8, 4) is 22.8 Å². The van der Waals surface area contributed by atoms with Crippen LogP contribution in [0.3, 0.4) is 0 Å². The number of hydrogen-bond donors (Lipinski definition) is 1. The smallest absolute Gasteiger partial charge is 0.262 e. The number of carbonyl (C=O) groups is 1. The Balaban J connectivity index is 1.54. The number of nitrogens with one attached hydrogen (secondary N) is 1. The van der Waals surface area contributed by atoms with Crippen LogP contribution < -0.4 is 14.8 Å². The van der Waals surface area contributed by atoms with E-state index in [1.54, 1.807) is 18.2 Å². The Kier molecular flexibility index (Phi) is 5.82. The van der Waals surface area contributed by atoms with E-state index in [4.69, 9.17) is 26.1 Å². The van der Waals surface area contributed by atoms with E-state index < -0.39 is 0 Å². The number of amides is 1. The number of pyridine rings is 1. The maximum atomic E-state index is 12.4. The molecule has 1 amide bonds. The summed E-state index contributed by atoms with van der Waals surface area (Å²) in [5, 5.41) is 4.04. The third-order valence-electron chi connectivity index (χ3n) is 4.54. The maximum absolute atomic E-state index is 12.4. The minimum absolute atomic E-state index is 0.147. The van der Waals surface area contributed by atoms with Crippen molar-refractivity contribution in [2.45, 2.75) is 0 Å². The first-order valence-electron chi connectivity index (χ1n) is 9.35. The molecule has 30 heavy (non-hydrogen) atoms. The van der Waals surface area contributed by atoms with E-state index in [-0.39, 0.29) is 12.5 Å². The van der Waals surface area contributed by atoms with E-state index in [0.29, 0.717) is 22.2 Å². The summed E-state index contributed by atoms with van der Waals surface area (Å²) in [5.74, 6) is 0.850. The first-order chi connectivity index (χ1) is 14.6. The van der Waals surface area contributed by atoms with E-state index >= 15 is 0 Å². The lowest BCUT2D eigenvalue weighted by Gasteiger charge is -2.12. The first kappa shape index (κ1) is 19.7. The lowest BCUT2D eigenvalue weighted by Crippen LogP contribution is -2.20. The van der Waals surface area contributed by atoms with E-state index in [1.807, 2.05) is 60.7 Å². The zero-order chi connectivity index (χ0) is 20.9. The standard InChI is InChI=1S/C24H19ClN2O3/c1-29-22-12-11-17(13-19(22)25)26-24(28)15-30-23-14-21(16-7-3-2-4-8-16)27-20-10-6-5-9-18(20)23/h2-14H,15H2,1H3,(H,26,28). The quantitative estimate of drug-likeness (QED) is 0.444. The molecular formula is C24H19ClN2O3. The van der Waals surface area contributed by atoms with Crippen LogP contribution >= 0.6 is 11.6 Å². The molecule has 0 bridgehead atoms. The molecule has 0 aliphatic carbocycles. The summed E-state index contributed by atoms with van der Waals surface area (Å²) in [5.41, 5.74) is 3.13. The molecule has 0 aliphatic rings. The first-order valence-corrected chi connectivity index (χ1v) is 9.73. The largest absolute Gasteiger partial charge is 0.495 e. The monoisotopic (exact) mass is 418 g/mol. The molecule has 4 rings (SSSR count). The number of halogens is 1. The predicted octanol–water partition coefficient (Wildman–Crippen LogP) is 5.58. The van der Waals surface area contributed by atoms with Crippen LogP contribution in [-0.4, -0.2) is 24.6 Å². The fraction of sp³-hybridized carbons (Fsp3) is 0.0833. The highest BCUT2D eigenvalue weighted by molar-refractivity contribution is 6.32. The van der Waals surface area contributed by atoms with E-state index in [1.165, 1.54) is 7.11 Å². The third-order valence-corrected chi connectivity index (χ3v) is 4.84. The number of benzene rings is 3. The normalized spacial score (nSPS) is 10.6. The lowest BCUT2D eigenvalue weighted by atomic mass is 10.1. The van der Waals surface area contributed by atoms with Crippen molar-refractivity contribution >= 4 is 34.1 Å². The Bertz CT molecular complexity index is 1200. The zero-order valence-corrected chi connectivity index (χ0v) is 17.0.